The number of carbonyl (C=O) groups excluding carboxylic acids is 1. The zero-order chi connectivity index (χ0) is 19.8. The Kier molecular flexibility index (Phi) is 6.62. The van der Waals surface area contributed by atoms with Gasteiger partial charge in [0.2, 0.25) is 0 Å². The van der Waals surface area contributed by atoms with Gasteiger partial charge in [-0.25, -0.2) is 0 Å². The maximum atomic E-state index is 12.0. The van der Waals surface area contributed by atoms with Gasteiger partial charge in [0.25, 0.3) is 0 Å². The van der Waals surface area contributed by atoms with Crippen LogP contribution in [0.1, 0.15) is 36.5 Å². The number of hydrogen-bond acceptors (Lipinski definition) is 3. The molecule has 0 amide bonds. The van der Waals surface area contributed by atoms with Gasteiger partial charge < -0.3 is 4.74 Å². The number of benzene rings is 3. The molecule has 1 atom stereocenters. The average Bonchev–Trinajstić information content (AvgIpc) is 2.78. The Morgan fingerprint density at radius 1 is 0.821 bits per heavy atom. The number of carbonyl (C=O) groups is 1. The van der Waals surface area contributed by atoms with Crippen molar-refractivity contribution >= 4 is 5.97 Å². The van der Waals surface area contributed by atoms with E-state index in [9.17, 15) is 4.79 Å². The van der Waals surface area contributed by atoms with Gasteiger partial charge in [0.15, 0.2) is 0 Å². The Balaban J connectivity index is 2.20. The summed E-state index contributed by atoms with van der Waals surface area (Å²) in [5.41, 5.74) is 2.83. The summed E-state index contributed by atoms with van der Waals surface area (Å²) in [7, 11) is 1.44. The molecular weight excluding hydrogens is 346 g/mol. The number of nitrogens with one attached hydrogen (secondary N) is 1. The van der Waals surface area contributed by atoms with Gasteiger partial charge in [-0.05, 0) is 23.1 Å². The van der Waals surface area contributed by atoms with Crippen molar-refractivity contribution in [3.05, 3.63) is 108 Å². The molecule has 0 saturated heterocycles. The Labute approximate surface area is 167 Å². The fourth-order valence-corrected chi connectivity index (χ4v) is 3.70. The van der Waals surface area contributed by atoms with Crippen LogP contribution in [-0.4, -0.2) is 19.1 Å². The molecule has 0 radical (unpaired) electrons. The standard InChI is InChI=1S/C25H27NO2/c1-3-23(19-24(27)28-2)26-25(20-13-7-4-8-14-20,21-15-9-5-10-16-21)22-17-11-6-12-18-22/h4-18,23,26H,3,19H2,1-2H3/t23-/m0/s1. The Hall–Kier alpha value is -2.91. The third-order valence-electron chi connectivity index (χ3n) is 5.17. The molecule has 0 aromatic heterocycles. The highest BCUT2D eigenvalue weighted by Crippen LogP contribution is 2.37. The average molecular weight is 373 g/mol. The second kappa shape index (κ2) is 9.34. The van der Waals surface area contributed by atoms with Crippen molar-refractivity contribution in [1.82, 2.24) is 5.32 Å². The lowest BCUT2D eigenvalue weighted by Crippen LogP contribution is -2.50. The van der Waals surface area contributed by atoms with Crippen LogP contribution in [0.25, 0.3) is 0 Å². The second-order valence-electron chi connectivity index (χ2n) is 6.88. The fraction of sp³-hybridized carbons (Fsp3) is 0.240. The highest BCUT2D eigenvalue weighted by atomic mass is 16.5. The van der Waals surface area contributed by atoms with Crippen LogP contribution in [0.15, 0.2) is 91.0 Å². The quantitative estimate of drug-likeness (QED) is 0.450. The van der Waals surface area contributed by atoms with Crippen molar-refractivity contribution in [1.29, 1.82) is 0 Å². The molecule has 0 aliphatic heterocycles. The third-order valence-corrected chi connectivity index (χ3v) is 5.17. The summed E-state index contributed by atoms with van der Waals surface area (Å²) < 4.78 is 4.94. The first-order chi connectivity index (χ1) is 13.7. The minimum absolute atomic E-state index is 0.0342. The van der Waals surface area contributed by atoms with Crippen LogP contribution in [0.2, 0.25) is 0 Å². The molecule has 3 aromatic rings. The smallest absolute Gasteiger partial charge is 0.307 e. The van der Waals surface area contributed by atoms with Crippen molar-refractivity contribution in [2.75, 3.05) is 7.11 Å². The summed E-state index contributed by atoms with van der Waals surface area (Å²) in [6.07, 6.45) is 1.13. The molecule has 1 N–H and O–H groups in total. The maximum Gasteiger partial charge on any atom is 0.307 e. The highest BCUT2D eigenvalue weighted by molar-refractivity contribution is 5.70. The molecule has 0 fully saturated rings. The summed E-state index contributed by atoms with van der Waals surface area (Å²) in [5.74, 6) is -0.206. The van der Waals surface area contributed by atoms with Crippen LogP contribution >= 0.6 is 0 Å². The summed E-state index contributed by atoms with van der Waals surface area (Å²) in [5, 5.41) is 3.83. The molecule has 3 aromatic carbocycles. The first-order valence-corrected chi connectivity index (χ1v) is 9.71. The van der Waals surface area contributed by atoms with Gasteiger partial charge >= 0.3 is 5.97 Å². The number of esters is 1. The largest absolute Gasteiger partial charge is 0.469 e. The van der Waals surface area contributed by atoms with Crippen molar-refractivity contribution in [3.63, 3.8) is 0 Å². The lowest BCUT2D eigenvalue weighted by molar-refractivity contribution is -0.141. The van der Waals surface area contributed by atoms with Gasteiger partial charge in [-0.3, -0.25) is 10.1 Å². The second-order valence-corrected chi connectivity index (χ2v) is 6.88. The van der Waals surface area contributed by atoms with Crippen LogP contribution in [0.3, 0.4) is 0 Å². The number of rotatable bonds is 8. The van der Waals surface area contributed by atoms with Gasteiger partial charge in [-0.2, -0.15) is 0 Å². The van der Waals surface area contributed by atoms with Gasteiger partial charge in [0.05, 0.1) is 19.1 Å². The van der Waals surface area contributed by atoms with E-state index in [1.54, 1.807) is 0 Å². The van der Waals surface area contributed by atoms with E-state index in [-0.39, 0.29) is 12.0 Å². The maximum absolute atomic E-state index is 12.0. The summed E-state index contributed by atoms with van der Waals surface area (Å²) >= 11 is 0. The Bertz CT molecular complexity index is 766. The van der Waals surface area contributed by atoms with Crippen LogP contribution < -0.4 is 5.32 Å². The predicted molar refractivity (Wildman–Crippen MR) is 113 cm³/mol. The fourth-order valence-electron chi connectivity index (χ4n) is 3.70. The third kappa shape index (κ3) is 4.15. The number of ether oxygens (including phenoxy) is 1. The predicted octanol–water partition coefficient (Wildman–Crippen LogP) is 4.91. The zero-order valence-corrected chi connectivity index (χ0v) is 16.5. The van der Waals surface area contributed by atoms with Gasteiger partial charge in [0.1, 0.15) is 0 Å². The number of hydrogen-bond donors (Lipinski definition) is 1. The summed E-state index contributed by atoms with van der Waals surface area (Å²) in [6, 6.07) is 31.2. The molecule has 28 heavy (non-hydrogen) atoms. The van der Waals surface area contributed by atoms with Crippen molar-refractivity contribution < 1.29 is 9.53 Å². The molecule has 0 aliphatic rings. The molecule has 3 rings (SSSR count). The van der Waals surface area contributed by atoms with E-state index in [4.69, 9.17) is 4.74 Å². The lowest BCUT2D eigenvalue weighted by atomic mass is 9.76. The van der Waals surface area contributed by atoms with Crippen LogP contribution in [0.4, 0.5) is 0 Å². The first-order valence-electron chi connectivity index (χ1n) is 9.71. The molecule has 144 valence electrons. The van der Waals surface area contributed by atoms with E-state index in [0.29, 0.717) is 6.42 Å². The summed E-state index contributed by atoms with van der Waals surface area (Å²) in [6.45, 7) is 2.09. The minimum Gasteiger partial charge on any atom is -0.469 e. The van der Waals surface area contributed by atoms with Gasteiger partial charge in [0, 0.05) is 6.04 Å². The minimum atomic E-state index is -0.571. The van der Waals surface area contributed by atoms with E-state index < -0.39 is 5.54 Å². The zero-order valence-electron chi connectivity index (χ0n) is 16.5. The first kappa shape index (κ1) is 19.8. The summed E-state index contributed by atoms with van der Waals surface area (Å²) in [4.78, 5) is 12.0. The SMILES string of the molecule is CC[C@@H](CC(=O)OC)NC(c1ccccc1)(c1ccccc1)c1ccccc1. The van der Waals surface area contributed by atoms with Crippen LogP contribution in [-0.2, 0) is 15.1 Å². The van der Waals surface area contributed by atoms with E-state index in [1.807, 2.05) is 18.2 Å². The topological polar surface area (TPSA) is 38.3 Å². The molecule has 0 saturated carbocycles. The monoisotopic (exact) mass is 373 g/mol. The van der Waals surface area contributed by atoms with Crippen LogP contribution in [0, 0.1) is 0 Å². The molecule has 0 heterocycles. The van der Waals surface area contributed by atoms with E-state index >= 15 is 0 Å². The molecule has 0 bridgehead atoms. The Morgan fingerprint density at radius 3 is 1.54 bits per heavy atom. The van der Waals surface area contributed by atoms with E-state index in [1.165, 1.54) is 7.11 Å². The van der Waals surface area contributed by atoms with E-state index in [0.717, 1.165) is 23.1 Å². The van der Waals surface area contributed by atoms with Gasteiger partial charge in [-0.15, -0.1) is 0 Å². The molecule has 3 nitrogen and oxygen atoms in total. The molecule has 0 aliphatic carbocycles. The molecule has 0 spiro atoms. The van der Waals surface area contributed by atoms with Crippen molar-refractivity contribution in [2.24, 2.45) is 0 Å². The normalized spacial score (nSPS) is 12.4. The molecular formula is C25H27NO2. The van der Waals surface area contributed by atoms with Crippen molar-refractivity contribution in [3.8, 4) is 0 Å². The molecule has 3 heteroatoms. The van der Waals surface area contributed by atoms with Crippen LogP contribution in [0.5, 0.6) is 0 Å². The highest BCUT2D eigenvalue weighted by Gasteiger charge is 2.38. The molecule has 0 unspecified atom stereocenters. The van der Waals surface area contributed by atoms with E-state index in [2.05, 4.69) is 85.0 Å². The number of methoxy groups -OCH3 is 1. The lowest BCUT2D eigenvalue weighted by Gasteiger charge is -2.40. The van der Waals surface area contributed by atoms with Crippen molar-refractivity contribution in [2.45, 2.75) is 31.3 Å². The Morgan fingerprint density at radius 2 is 1.21 bits per heavy atom. The van der Waals surface area contributed by atoms with Gasteiger partial charge in [-0.1, -0.05) is 97.9 Å².